The molecule has 2 aliphatic heterocycles. The first-order valence-electron chi connectivity index (χ1n) is 5.22. The van der Waals surface area contributed by atoms with E-state index in [1.54, 1.807) is 0 Å². The lowest BCUT2D eigenvalue weighted by Crippen LogP contribution is -2.35. The molecular weight excluding hydrogens is 184 g/mol. The van der Waals surface area contributed by atoms with Crippen molar-refractivity contribution in [3.63, 3.8) is 0 Å². The number of ether oxygens (including phenoxy) is 3. The standard InChI is InChI=1S/C10H16O4/c1-10(2)13-7-5-3-6(8(7)14-10)9(11)12-4-5/h5-9,11H,3-4H2,1-2H3/t5-,6-,7-,8+,9-/m0/s1. The molecule has 2 bridgehead atoms. The van der Waals surface area contributed by atoms with Crippen LogP contribution >= 0.6 is 0 Å². The van der Waals surface area contributed by atoms with Crippen LogP contribution in [0.15, 0.2) is 0 Å². The normalized spacial score (nSPS) is 54.6. The smallest absolute Gasteiger partial charge is 0.163 e. The average molecular weight is 200 g/mol. The molecule has 3 rings (SSSR count). The molecule has 0 amide bonds. The zero-order chi connectivity index (χ0) is 9.92. The average Bonchev–Trinajstić information content (AvgIpc) is 2.53. The minimum Gasteiger partial charge on any atom is -0.368 e. The molecule has 3 aliphatic rings. The van der Waals surface area contributed by atoms with Gasteiger partial charge in [0.25, 0.3) is 0 Å². The molecule has 0 aromatic heterocycles. The van der Waals surface area contributed by atoms with Crippen LogP contribution in [0.1, 0.15) is 20.3 Å². The Balaban J connectivity index is 1.87. The van der Waals surface area contributed by atoms with E-state index < -0.39 is 12.1 Å². The van der Waals surface area contributed by atoms with Gasteiger partial charge in [-0.2, -0.15) is 0 Å². The summed E-state index contributed by atoms with van der Waals surface area (Å²) < 4.78 is 16.9. The molecule has 0 radical (unpaired) electrons. The molecule has 2 saturated heterocycles. The van der Waals surface area contributed by atoms with Crippen LogP contribution in [0.5, 0.6) is 0 Å². The first-order chi connectivity index (χ1) is 6.57. The number of rotatable bonds is 0. The Morgan fingerprint density at radius 1 is 1.21 bits per heavy atom. The van der Waals surface area contributed by atoms with E-state index in [0.29, 0.717) is 12.5 Å². The molecule has 2 heterocycles. The summed E-state index contributed by atoms with van der Waals surface area (Å²) in [5.74, 6) is -0.000694. The maximum atomic E-state index is 9.66. The molecule has 1 N–H and O–H groups in total. The lowest BCUT2D eigenvalue weighted by Gasteiger charge is -2.29. The zero-order valence-corrected chi connectivity index (χ0v) is 8.47. The number of aliphatic hydroxyl groups is 1. The van der Waals surface area contributed by atoms with Crippen LogP contribution in [0, 0.1) is 11.8 Å². The lowest BCUT2D eigenvalue weighted by atomic mass is 10.0. The molecule has 0 unspecified atom stereocenters. The molecule has 14 heavy (non-hydrogen) atoms. The molecule has 0 spiro atoms. The van der Waals surface area contributed by atoms with Gasteiger partial charge in [-0.25, -0.2) is 0 Å². The topological polar surface area (TPSA) is 47.9 Å². The quantitative estimate of drug-likeness (QED) is 0.618. The predicted molar refractivity (Wildman–Crippen MR) is 47.4 cm³/mol. The summed E-state index contributed by atoms with van der Waals surface area (Å²) in [6.07, 6.45) is 0.436. The second-order valence-corrected chi connectivity index (χ2v) is 4.95. The highest BCUT2D eigenvalue weighted by Gasteiger charge is 2.58. The SMILES string of the molecule is CC1(C)O[C@@H]2[C@@H]3C[C@@H](CO[C@@H]3O)[C@@H]2O1. The summed E-state index contributed by atoms with van der Waals surface area (Å²) in [5.41, 5.74) is 0. The van der Waals surface area contributed by atoms with Gasteiger partial charge in [-0.3, -0.25) is 0 Å². The lowest BCUT2D eigenvalue weighted by molar-refractivity contribution is -0.216. The second-order valence-electron chi connectivity index (χ2n) is 4.95. The molecule has 80 valence electrons. The maximum Gasteiger partial charge on any atom is 0.163 e. The van der Waals surface area contributed by atoms with E-state index in [1.165, 1.54) is 0 Å². The van der Waals surface area contributed by atoms with Crippen molar-refractivity contribution in [1.82, 2.24) is 0 Å². The summed E-state index contributed by atoms with van der Waals surface area (Å²) in [4.78, 5) is 0. The third-order valence-corrected chi connectivity index (χ3v) is 3.47. The monoisotopic (exact) mass is 200 g/mol. The van der Waals surface area contributed by atoms with Crippen LogP contribution in [0.3, 0.4) is 0 Å². The Bertz CT molecular complexity index is 253. The van der Waals surface area contributed by atoms with Gasteiger partial charge in [0.15, 0.2) is 12.1 Å². The van der Waals surface area contributed by atoms with Crippen LogP contribution in [-0.2, 0) is 14.2 Å². The van der Waals surface area contributed by atoms with E-state index in [2.05, 4.69) is 0 Å². The van der Waals surface area contributed by atoms with Gasteiger partial charge in [0.2, 0.25) is 0 Å². The molecule has 4 nitrogen and oxygen atoms in total. The summed E-state index contributed by atoms with van der Waals surface area (Å²) in [6.45, 7) is 4.45. The molecular formula is C10H16O4. The molecule has 3 fully saturated rings. The minimum absolute atomic E-state index is 0.0208. The molecule has 5 atom stereocenters. The summed E-state index contributed by atoms with van der Waals surface area (Å²) in [7, 11) is 0. The highest BCUT2D eigenvalue weighted by Crippen LogP contribution is 2.48. The Kier molecular flexibility index (Phi) is 1.75. The Hall–Kier alpha value is -0.160. The Morgan fingerprint density at radius 2 is 1.93 bits per heavy atom. The van der Waals surface area contributed by atoms with Crippen molar-refractivity contribution in [3.05, 3.63) is 0 Å². The Morgan fingerprint density at radius 3 is 2.71 bits per heavy atom. The highest BCUT2D eigenvalue weighted by molar-refractivity contribution is 5.00. The molecule has 0 aromatic carbocycles. The van der Waals surface area contributed by atoms with Crippen LogP contribution in [0.4, 0.5) is 0 Å². The first-order valence-corrected chi connectivity index (χ1v) is 5.22. The van der Waals surface area contributed by atoms with Gasteiger partial charge in [-0.15, -0.1) is 0 Å². The maximum absolute atomic E-state index is 9.66. The number of aliphatic hydroxyl groups excluding tert-OH is 1. The third kappa shape index (κ3) is 1.15. The molecule has 4 heteroatoms. The second kappa shape index (κ2) is 2.70. The fourth-order valence-electron chi connectivity index (χ4n) is 2.92. The van der Waals surface area contributed by atoms with Gasteiger partial charge in [0.1, 0.15) is 0 Å². The summed E-state index contributed by atoms with van der Waals surface area (Å²) in [6, 6.07) is 0. The van der Waals surface area contributed by atoms with Gasteiger partial charge >= 0.3 is 0 Å². The van der Waals surface area contributed by atoms with Crippen molar-refractivity contribution < 1.29 is 19.3 Å². The third-order valence-electron chi connectivity index (χ3n) is 3.47. The number of fused-ring (bicyclic) bond motifs is 5. The van der Waals surface area contributed by atoms with Crippen molar-refractivity contribution in [1.29, 1.82) is 0 Å². The van der Waals surface area contributed by atoms with E-state index in [9.17, 15) is 5.11 Å². The van der Waals surface area contributed by atoms with E-state index in [4.69, 9.17) is 14.2 Å². The van der Waals surface area contributed by atoms with Crippen molar-refractivity contribution in [2.45, 2.75) is 44.6 Å². The summed E-state index contributed by atoms with van der Waals surface area (Å²) in [5, 5.41) is 9.66. The number of hydrogen-bond acceptors (Lipinski definition) is 4. The van der Waals surface area contributed by atoms with Crippen LogP contribution < -0.4 is 0 Å². The minimum atomic E-state index is -0.668. The van der Waals surface area contributed by atoms with Crippen LogP contribution in [0.25, 0.3) is 0 Å². The van der Waals surface area contributed by atoms with Gasteiger partial charge < -0.3 is 19.3 Å². The first kappa shape index (κ1) is 9.09. The largest absolute Gasteiger partial charge is 0.368 e. The van der Waals surface area contributed by atoms with E-state index >= 15 is 0 Å². The van der Waals surface area contributed by atoms with Crippen molar-refractivity contribution in [2.75, 3.05) is 6.61 Å². The molecule has 0 aromatic rings. The van der Waals surface area contributed by atoms with Crippen molar-refractivity contribution in [2.24, 2.45) is 11.8 Å². The predicted octanol–water partition coefficient (Wildman–Crippen LogP) is 0.491. The highest BCUT2D eigenvalue weighted by atomic mass is 16.8. The van der Waals surface area contributed by atoms with Crippen molar-refractivity contribution in [3.8, 4) is 0 Å². The fourth-order valence-corrected chi connectivity index (χ4v) is 2.92. The number of hydrogen-bond donors (Lipinski definition) is 1. The molecule has 1 saturated carbocycles. The van der Waals surface area contributed by atoms with Crippen LogP contribution in [0.2, 0.25) is 0 Å². The van der Waals surface area contributed by atoms with E-state index in [0.717, 1.165) is 6.42 Å². The van der Waals surface area contributed by atoms with Crippen molar-refractivity contribution >= 4 is 0 Å². The Labute approximate surface area is 83.1 Å². The fraction of sp³-hybridized carbons (Fsp3) is 1.00. The van der Waals surface area contributed by atoms with Crippen LogP contribution in [-0.4, -0.2) is 36.0 Å². The van der Waals surface area contributed by atoms with E-state index in [-0.39, 0.29) is 18.1 Å². The van der Waals surface area contributed by atoms with Gasteiger partial charge in [0, 0.05) is 11.8 Å². The van der Waals surface area contributed by atoms with Gasteiger partial charge in [0.05, 0.1) is 18.8 Å². The van der Waals surface area contributed by atoms with Gasteiger partial charge in [-0.1, -0.05) is 0 Å². The van der Waals surface area contributed by atoms with E-state index in [1.807, 2.05) is 13.8 Å². The zero-order valence-electron chi connectivity index (χ0n) is 8.47. The summed E-state index contributed by atoms with van der Waals surface area (Å²) >= 11 is 0. The van der Waals surface area contributed by atoms with Gasteiger partial charge in [-0.05, 0) is 20.3 Å². The molecule has 1 aliphatic carbocycles.